The zero-order chi connectivity index (χ0) is 22.8. The van der Waals surface area contributed by atoms with Crippen molar-refractivity contribution in [2.75, 3.05) is 43.2 Å². The first kappa shape index (κ1) is 21.1. The number of nitrogens with zero attached hydrogens (tertiary/aromatic N) is 3. The molecule has 9 heteroatoms. The fourth-order valence-corrected chi connectivity index (χ4v) is 3.93. The molecule has 1 N–H and O–H groups in total. The average molecular weight is 465 g/mol. The van der Waals surface area contributed by atoms with E-state index in [2.05, 4.69) is 15.2 Å². The molecule has 1 fully saturated rings. The number of halogens is 1. The molecule has 2 aliphatic rings. The summed E-state index contributed by atoms with van der Waals surface area (Å²) in [4.78, 5) is 33.7. The number of benzene rings is 2. The zero-order valence-corrected chi connectivity index (χ0v) is 18.4. The maximum absolute atomic E-state index is 12.7. The molecule has 0 unspecified atom stereocenters. The molecule has 0 aliphatic carbocycles. The number of amides is 2. The number of hydrogen-bond donors (Lipinski definition) is 1. The van der Waals surface area contributed by atoms with Crippen molar-refractivity contribution in [2.45, 2.75) is 0 Å². The second-order valence-electron chi connectivity index (χ2n) is 7.71. The van der Waals surface area contributed by atoms with Gasteiger partial charge in [-0.05, 0) is 54.6 Å². The van der Waals surface area contributed by atoms with E-state index in [1.807, 2.05) is 17.0 Å². The van der Waals surface area contributed by atoms with Crippen molar-refractivity contribution in [3.05, 3.63) is 76.9 Å². The van der Waals surface area contributed by atoms with Gasteiger partial charge in [0, 0.05) is 42.3 Å². The molecule has 2 aliphatic heterocycles. The monoisotopic (exact) mass is 464 g/mol. The molecule has 0 bridgehead atoms. The highest BCUT2D eigenvalue weighted by atomic mass is 35.5. The molecule has 2 aromatic carbocycles. The minimum Gasteiger partial charge on any atom is -0.454 e. The van der Waals surface area contributed by atoms with E-state index in [-0.39, 0.29) is 18.6 Å². The number of carbonyl (C=O) groups is 2. The summed E-state index contributed by atoms with van der Waals surface area (Å²) in [6.45, 7) is 2.72. The summed E-state index contributed by atoms with van der Waals surface area (Å²) in [6, 6.07) is 15.7. The predicted molar refractivity (Wildman–Crippen MR) is 124 cm³/mol. The highest BCUT2D eigenvalue weighted by Gasteiger charge is 2.23. The van der Waals surface area contributed by atoms with E-state index < -0.39 is 0 Å². The van der Waals surface area contributed by atoms with Gasteiger partial charge in [-0.2, -0.15) is 0 Å². The van der Waals surface area contributed by atoms with Gasteiger partial charge < -0.3 is 24.6 Å². The molecule has 3 heterocycles. The molecule has 0 saturated carbocycles. The lowest BCUT2D eigenvalue weighted by atomic mass is 10.2. The number of rotatable bonds is 4. The van der Waals surface area contributed by atoms with E-state index in [9.17, 15) is 9.59 Å². The van der Waals surface area contributed by atoms with Gasteiger partial charge in [0.1, 0.15) is 5.82 Å². The maximum Gasteiger partial charge on any atom is 0.255 e. The first-order valence-corrected chi connectivity index (χ1v) is 10.9. The van der Waals surface area contributed by atoms with E-state index in [1.165, 1.54) is 0 Å². The van der Waals surface area contributed by atoms with Crippen LogP contribution >= 0.6 is 11.6 Å². The van der Waals surface area contributed by atoms with Gasteiger partial charge in [0.05, 0.1) is 11.9 Å². The summed E-state index contributed by atoms with van der Waals surface area (Å²) < 4.78 is 10.6. The number of carbonyl (C=O) groups excluding carboxylic acids is 2. The van der Waals surface area contributed by atoms with Gasteiger partial charge in [0.25, 0.3) is 11.8 Å². The third-order valence-electron chi connectivity index (χ3n) is 5.62. The number of fused-ring (bicyclic) bond motifs is 1. The van der Waals surface area contributed by atoms with Gasteiger partial charge in [-0.1, -0.05) is 11.6 Å². The second-order valence-corrected chi connectivity index (χ2v) is 8.15. The van der Waals surface area contributed by atoms with Crippen molar-refractivity contribution in [2.24, 2.45) is 0 Å². The highest BCUT2D eigenvalue weighted by molar-refractivity contribution is 6.30. The molecule has 0 atom stereocenters. The first-order chi connectivity index (χ1) is 16.1. The topological polar surface area (TPSA) is 84.0 Å². The average Bonchev–Trinajstić information content (AvgIpc) is 3.33. The maximum atomic E-state index is 12.7. The van der Waals surface area contributed by atoms with Crippen LogP contribution < -0.4 is 19.7 Å². The van der Waals surface area contributed by atoms with Crippen LogP contribution in [-0.4, -0.2) is 54.7 Å². The van der Waals surface area contributed by atoms with Gasteiger partial charge in [0.15, 0.2) is 11.5 Å². The number of ether oxygens (including phenoxy) is 2. The Labute approximate surface area is 195 Å². The van der Waals surface area contributed by atoms with Crippen LogP contribution in [0.5, 0.6) is 11.5 Å². The molecule has 1 saturated heterocycles. The first-order valence-electron chi connectivity index (χ1n) is 10.5. The second kappa shape index (κ2) is 8.99. The van der Waals surface area contributed by atoms with E-state index in [0.717, 1.165) is 5.82 Å². The van der Waals surface area contributed by atoms with Crippen molar-refractivity contribution >= 4 is 34.9 Å². The Bertz CT molecular complexity index is 1180. The molecule has 3 aromatic rings. The Hall–Kier alpha value is -3.78. The number of aromatic nitrogens is 1. The Morgan fingerprint density at radius 1 is 0.879 bits per heavy atom. The van der Waals surface area contributed by atoms with Crippen molar-refractivity contribution < 1.29 is 19.1 Å². The zero-order valence-electron chi connectivity index (χ0n) is 17.7. The minimum atomic E-state index is -0.253. The number of anilines is 2. The summed E-state index contributed by atoms with van der Waals surface area (Å²) in [7, 11) is 0. The van der Waals surface area contributed by atoms with Crippen molar-refractivity contribution in [1.82, 2.24) is 9.88 Å². The normalized spacial score (nSPS) is 14.8. The summed E-state index contributed by atoms with van der Waals surface area (Å²) in [5.74, 6) is 1.74. The number of piperazine rings is 1. The van der Waals surface area contributed by atoms with Crippen LogP contribution in [0.3, 0.4) is 0 Å². The van der Waals surface area contributed by atoms with Crippen LogP contribution in [0, 0.1) is 0 Å². The van der Waals surface area contributed by atoms with Gasteiger partial charge >= 0.3 is 0 Å². The van der Waals surface area contributed by atoms with Gasteiger partial charge in [-0.15, -0.1) is 0 Å². The minimum absolute atomic E-state index is 0.000790. The van der Waals surface area contributed by atoms with Crippen LogP contribution in [0.2, 0.25) is 5.02 Å². The van der Waals surface area contributed by atoms with Gasteiger partial charge in [0.2, 0.25) is 6.79 Å². The standard InChI is InChI=1S/C24H21ClN4O4/c25-18-4-1-16(2-5-18)24(31)29-11-9-28(10-12-29)22-8-6-19(14-26-22)27-23(30)17-3-7-20-21(13-17)33-15-32-20/h1-8,13-14H,9-12,15H2,(H,27,30). The van der Waals surface area contributed by atoms with Crippen LogP contribution in [0.4, 0.5) is 11.5 Å². The Morgan fingerprint density at radius 2 is 1.61 bits per heavy atom. The molecule has 1 aromatic heterocycles. The third-order valence-corrected chi connectivity index (χ3v) is 5.87. The lowest BCUT2D eigenvalue weighted by Crippen LogP contribution is -2.49. The summed E-state index contributed by atoms with van der Waals surface area (Å²) in [6.07, 6.45) is 1.63. The van der Waals surface area contributed by atoms with Crippen LogP contribution in [0.1, 0.15) is 20.7 Å². The van der Waals surface area contributed by atoms with E-state index in [4.69, 9.17) is 21.1 Å². The number of pyridine rings is 1. The van der Waals surface area contributed by atoms with Crippen molar-refractivity contribution in [3.8, 4) is 11.5 Å². The highest BCUT2D eigenvalue weighted by Crippen LogP contribution is 2.32. The molecule has 0 spiro atoms. The lowest BCUT2D eigenvalue weighted by Gasteiger charge is -2.35. The van der Waals surface area contributed by atoms with Crippen molar-refractivity contribution in [1.29, 1.82) is 0 Å². The molecule has 168 valence electrons. The molecule has 33 heavy (non-hydrogen) atoms. The summed E-state index contributed by atoms with van der Waals surface area (Å²) >= 11 is 5.91. The summed E-state index contributed by atoms with van der Waals surface area (Å²) in [5, 5.41) is 3.45. The molecule has 2 amide bonds. The van der Waals surface area contributed by atoms with Crippen molar-refractivity contribution in [3.63, 3.8) is 0 Å². The molecule has 5 rings (SSSR count). The van der Waals surface area contributed by atoms with E-state index in [1.54, 1.807) is 48.7 Å². The lowest BCUT2D eigenvalue weighted by molar-refractivity contribution is 0.0746. The fourth-order valence-electron chi connectivity index (χ4n) is 3.80. The van der Waals surface area contributed by atoms with Crippen LogP contribution in [-0.2, 0) is 0 Å². The van der Waals surface area contributed by atoms with Gasteiger partial charge in [-0.25, -0.2) is 4.98 Å². The Kier molecular flexibility index (Phi) is 5.75. The Balaban J connectivity index is 1.17. The van der Waals surface area contributed by atoms with Crippen LogP contribution in [0.25, 0.3) is 0 Å². The van der Waals surface area contributed by atoms with Crippen LogP contribution in [0.15, 0.2) is 60.8 Å². The number of hydrogen-bond acceptors (Lipinski definition) is 6. The summed E-state index contributed by atoms with van der Waals surface area (Å²) in [5.41, 5.74) is 1.70. The largest absolute Gasteiger partial charge is 0.454 e. The predicted octanol–water partition coefficient (Wildman–Crippen LogP) is 3.68. The van der Waals surface area contributed by atoms with E-state index in [0.29, 0.717) is 59.5 Å². The molecular weight excluding hydrogens is 444 g/mol. The quantitative estimate of drug-likeness (QED) is 0.634. The molecular formula is C24H21ClN4O4. The molecule has 0 radical (unpaired) electrons. The smallest absolute Gasteiger partial charge is 0.255 e. The Morgan fingerprint density at radius 3 is 2.33 bits per heavy atom. The fraction of sp³-hybridized carbons (Fsp3) is 0.208. The van der Waals surface area contributed by atoms with Gasteiger partial charge in [-0.3, -0.25) is 9.59 Å². The SMILES string of the molecule is O=C(Nc1ccc(N2CCN(C(=O)c3ccc(Cl)cc3)CC2)nc1)c1ccc2c(c1)OCO2. The third kappa shape index (κ3) is 4.56. The molecule has 8 nitrogen and oxygen atoms in total. The number of nitrogens with one attached hydrogen (secondary N) is 1. The van der Waals surface area contributed by atoms with E-state index >= 15 is 0 Å².